The van der Waals surface area contributed by atoms with Gasteiger partial charge in [-0.3, -0.25) is 0 Å². The van der Waals surface area contributed by atoms with Gasteiger partial charge in [-0.25, -0.2) is 4.39 Å². The van der Waals surface area contributed by atoms with Gasteiger partial charge < -0.3 is 4.57 Å². The molecule has 0 heterocycles. The molecule has 0 saturated heterocycles. The van der Waals surface area contributed by atoms with Gasteiger partial charge in [0, 0.05) is 14.0 Å². The largest absolute Gasteiger partial charge is 0.398 e. The van der Waals surface area contributed by atoms with Crippen molar-refractivity contribution in [1.29, 1.82) is 0 Å². The summed E-state index contributed by atoms with van der Waals surface area (Å²) >= 11 is 3.35. The molecule has 0 fully saturated rings. The zero-order valence-corrected chi connectivity index (χ0v) is 15.0. The summed E-state index contributed by atoms with van der Waals surface area (Å²) in [4.78, 5) is 0. The van der Waals surface area contributed by atoms with Crippen molar-refractivity contribution in [3.63, 3.8) is 0 Å². The molecule has 5 heteroatoms. The molecule has 0 aromatic heterocycles. The highest BCUT2D eigenvalue weighted by Gasteiger charge is 2.22. The summed E-state index contributed by atoms with van der Waals surface area (Å²) in [7, 11) is 1.56. The molecule has 1 nitrogen and oxygen atoms in total. The van der Waals surface area contributed by atoms with Crippen LogP contribution in [-0.2, 0) is 0 Å². The van der Waals surface area contributed by atoms with Gasteiger partial charge in [-0.15, -0.1) is 0 Å². The van der Waals surface area contributed by atoms with Crippen molar-refractivity contribution < 1.29 is 4.39 Å². The van der Waals surface area contributed by atoms with Gasteiger partial charge in [-0.05, 0) is 25.2 Å². The third-order valence-corrected chi connectivity index (χ3v) is 5.02. The van der Waals surface area contributed by atoms with Crippen LogP contribution < -0.4 is 4.57 Å². The summed E-state index contributed by atoms with van der Waals surface area (Å²) in [6, 6.07) is 5.04. The van der Waals surface area contributed by atoms with Gasteiger partial charge in [0.2, 0.25) is 0 Å². The Bertz CT molecular complexity index is 353. The molecule has 0 aliphatic heterocycles. The fraction of sp³-hybridized carbons (Fsp3) is 0.500. The van der Waals surface area contributed by atoms with Crippen molar-refractivity contribution in [2.75, 3.05) is 11.6 Å². The molecule has 2 radical (unpaired) electrons. The van der Waals surface area contributed by atoms with Crippen LogP contribution in [0.1, 0.15) is 0 Å². The Labute approximate surface area is 116 Å². The van der Waals surface area contributed by atoms with Crippen LogP contribution in [0, 0.1) is 5.82 Å². The fourth-order valence-corrected chi connectivity index (χ4v) is 2.35. The summed E-state index contributed by atoms with van der Waals surface area (Å²) < 4.78 is 16.5. The first-order chi connectivity index (χ1) is 7.73. The van der Waals surface area contributed by atoms with Crippen LogP contribution >= 0.6 is 15.9 Å². The fourth-order valence-electron chi connectivity index (χ4n) is 1.10. The zero-order chi connectivity index (χ0) is 13.6. The van der Waals surface area contributed by atoms with E-state index in [4.69, 9.17) is 0 Å². The molecule has 0 bridgehead atoms. The van der Waals surface area contributed by atoms with Crippen molar-refractivity contribution in [2.45, 2.75) is 32.7 Å². The van der Waals surface area contributed by atoms with E-state index in [1.54, 1.807) is 6.07 Å². The zero-order valence-electron chi connectivity index (χ0n) is 11.4. The van der Waals surface area contributed by atoms with Gasteiger partial charge in [0.25, 0.3) is 0 Å². The molecule has 96 valence electrons. The Morgan fingerprint density at radius 1 is 1.24 bits per heavy atom. The number of hydrogen-bond acceptors (Lipinski definition) is 1. The standard InChI is InChI=1S/C10H15BrFNSi.C2H6Si/c1-13(14(2,3)4)10-7-8(11)5-6-9(10)12;1-3-2/h5-7H,1-4H3;1-2H3. The normalized spacial score (nSPS) is 10.6. The van der Waals surface area contributed by atoms with E-state index in [0.717, 1.165) is 14.0 Å². The van der Waals surface area contributed by atoms with Crippen molar-refractivity contribution in [2.24, 2.45) is 0 Å². The van der Waals surface area contributed by atoms with E-state index in [0.29, 0.717) is 5.69 Å². The van der Waals surface area contributed by atoms with E-state index >= 15 is 0 Å². The van der Waals surface area contributed by atoms with Crippen molar-refractivity contribution in [3.8, 4) is 0 Å². The quantitative estimate of drug-likeness (QED) is 0.712. The maximum Gasteiger partial charge on any atom is 0.147 e. The number of hydrogen-bond donors (Lipinski definition) is 0. The number of nitrogens with zero attached hydrogens (tertiary/aromatic N) is 1. The molecule has 17 heavy (non-hydrogen) atoms. The number of benzene rings is 1. The average Bonchev–Trinajstić information content (AvgIpc) is 2.20. The van der Waals surface area contributed by atoms with Crippen LogP contribution in [0.3, 0.4) is 0 Å². The first-order valence-electron chi connectivity index (χ1n) is 5.51. The van der Waals surface area contributed by atoms with Gasteiger partial charge >= 0.3 is 0 Å². The second kappa shape index (κ2) is 7.33. The molecular weight excluding hydrogens is 313 g/mol. The molecule has 0 aliphatic carbocycles. The molecule has 0 aliphatic rings. The lowest BCUT2D eigenvalue weighted by molar-refractivity contribution is 0.628. The number of halogens is 2. The minimum atomic E-state index is -1.48. The molecule has 1 aromatic carbocycles. The van der Waals surface area contributed by atoms with Crippen LogP contribution in [0.4, 0.5) is 10.1 Å². The third-order valence-electron chi connectivity index (χ3n) is 2.28. The summed E-state index contributed by atoms with van der Waals surface area (Å²) in [5.74, 6) is -0.155. The Balaban J connectivity index is 0.000000770. The SMILES string of the molecule is CN(c1cc(Br)ccc1F)[Si](C)(C)C.C[Si]C. The maximum absolute atomic E-state index is 13.5. The highest BCUT2D eigenvalue weighted by molar-refractivity contribution is 9.10. The lowest BCUT2D eigenvalue weighted by Crippen LogP contribution is -2.43. The Kier molecular flexibility index (Phi) is 7.27. The molecule has 0 atom stereocenters. The van der Waals surface area contributed by atoms with Crippen molar-refractivity contribution in [1.82, 2.24) is 0 Å². The van der Waals surface area contributed by atoms with E-state index in [9.17, 15) is 4.39 Å². The van der Waals surface area contributed by atoms with Gasteiger partial charge in [-0.2, -0.15) is 0 Å². The van der Waals surface area contributed by atoms with Crippen LogP contribution in [0.15, 0.2) is 22.7 Å². The van der Waals surface area contributed by atoms with E-state index in [1.165, 1.54) is 6.07 Å². The summed E-state index contributed by atoms with van der Waals surface area (Å²) in [6.07, 6.45) is 0. The molecule has 0 spiro atoms. The summed E-state index contributed by atoms with van der Waals surface area (Å²) in [5.41, 5.74) is 0.679. The predicted octanol–water partition coefficient (Wildman–Crippen LogP) is 4.65. The predicted molar refractivity (Wildman–Crippen MR) is 83.3 cm³/mol. The molecule has 0 N–H and O–H groups in total. The molecular formula is C12H21BrFNSi2. The highest BCUT2D eigenvalue weighted by Crippen LogP contribution is 2.26. The van der Waals surface area contributed by atoms with E-state index in [-0.39, 0.29) is 5.82 Å². The van der Waals surface area contributed by atoms with E-state index < -0.39 is 8.24 Å². The first-order valence-corrected chi connectivity index (χ1v) is 11.8. The minimum absolute atomic E-state index is 0.155. The van der Waals surface area contributed by atoms with Gasteiger partial charge in [-0.1, -0.05) is 48.7 Å². The van der Waals surface area contributed by atoms with Gasteiger partial charge in [0.05, 0.1) is 5.69 Å². The van der Waals surface area contributed by atoms with Gasteiger partial charge in [0.1, 0.15) is 14.1 Å². The molecule has 0 amide bonds. The van der Waals surface area contributed by atoms with Crippen molar-refractivity contribution >= 4 is 39.4 Å². The van der Waals surface area contributed by atoms with E-state index in [1.807, 2.05) is 13.1 Å². The van der Waals surface area contributed by atoms with Crippen molar-refractivity contribution in [3.05, 3.63) is 28.5 Å². The second-order valence-electron chi connectivity index (χ2n) is 4.83. The van der Waals surface area contributed by atoms with Crippen LogP contribution in [0.5, 0.6) is 0 Å². The monoisotopic (exact) mass is 333 g/mol. The molecule has 0 unspecified atom stereocenters. The smallest absolute Gasteiger partial charge is 0.147 e. The van der Waals surface area contributed by atoms with Gasteiger partial charge in [0.15, 0.2) is 0 Å². The Morgan fingerprint density at radius 2 is 1.71 bits per heavy atom. The first kappa shape index (κ1) is 16.9. The topological polar surface area (TPSA) is 3.24 Å². The molecule has 1 rings (SSSR count). The summed E-state index contributed by atoms with van der Waals surface area (Å²) in [5, 5.41) is 0. The van der Waals surface area contributed by atoms with Crippen LogP contribution in [0.25, 0.3) is 0 Å². The molecule has 1 aromatic rings. The van der Waals surface area contributed by atoms with Crippen LogP contribution in [-0.4, -0.2) is 24.8 Å². The third kappa shape index (κ3) is 5.83. The highest BCUT2D eigenvalue weighted by atomic mass is 79.9. The minimum Gasteiger partial charge on any atom is -0.398 e. The lowest BCUT2D eigenvalue weighted by Gasteiger charge is -2.32. The lowest BCUT2D eigenvalue weighted by atomic mass is 10.3. The number of rotatable bonds is 2. The van der Waals surface area contributed by atoms with Crippen LogP contribution in [0.2, 0.25) is 32.7 Å². The van der Waals surface area contributed by atoms with E-state index in [2.05, 4.69) is 53.2 Å². The summed E-state index contributed by atoms with van der Waals surface area (Å²) in [6.45, 7) is 10.9. The Hall–Kier alpha value is -0.136. The molecule has 0 saturated carbocycles. The maximum atomic E-state index is 13.5. The second-order valence-corrected chi connectivity index (χ2v) is 11.8. The average molecular weight is 334 g/mol. The Morgan fingerprint density at radius 3 is 2.12 bits per heavy atom. The number of anilines is 1.